The van der Waals surface area contributed by atoms with Crippen molar-refractivity contribution in [3.63, 3.8) is 0 Å². The highest BCUT2D eigenvalue weighted by Crippen LogP contribution is 2.41. The maximum absolute atomic E-state index is 11.7. The molecule has 1 aromatic heterocycles. The maximum atomic E-state index is 11.7. The van der Waals surface area contributed by atoms with Crippen molar-refractivity contribution in [2.75, 3.05) is 12.8 Å². The van der Waals surface area contributed by atoms with E-state index in [1.54, 1.807) is 0 Å². The smallest absolute Gasteiger partial charge is 0.297 e. The Balaban J connectivity index is 2.19. The van der Waals surface area contributed by atoms with E-state index in [1.165, 1.54) is 19.4 Å². The number of nitrogens with one attached hydrogen (secondary N) is 1. The number of phenols is 1. The Kier molecular flexibility index (Phi) is 4.98. The Morgan fingerprint density at radius 1 is 1.50 bits per heavy atom. The van der Waals surface area contributed by atoms with Gasteiger partial charge in [-0.2, -0.15) is 5.10 Å². The van der Waals surface area contributed by atoms with E-state index in [9.17, 15) is 9.90 Å². The van der Waals surface area contributed by atoms with Gasteiger partial charge in [0.15, 0.2) is 11.5 Å². The monoisotopic (exact) mass is 433 g/mol. The van der Waals surface area contributed by atoms with Crippen molar-refractivity contribution in [2.24, 2.45) is 5.10 Å². The average molecular weight is 435 g/mol. The third kappa shape index (κ3) is 3.20. The first-order chi connectivity index (χ1) is 10.5. The van der Waals surface area contributed by atoms with E-state index in [0.29, 0.717) is 14.5 Å². The molecule has 1 amide bonds. The molecule has 0 saturated carbocycles. The number of phenolic OH excluding ortho intramolecular Hbond substituents is 1. The molecule has 0 aliphatic heterocycles. The average Bonchev–Trinajstić information content (AvgIpc) is 2.93. The minimum absolute atomic E-state index is 0.0583. The second kappa shape index (κ2) is 6.75. The van der Waals surface area contributed by atoms with E-state index in [0.717, 1.165) is 0 Å². The fourth-order valence-electron chi connectivity index (χ4n) is 1.43. The molecule has 9 nitrogen and oxygen atoms in total. The van der Waals surface area contributed by atoms with Crippen LogP contribution in [-0.2, 0) is 0 Å². The Morgan fingerprint density at radius 2 is 2.23 bits per heavy atom. The molecule has 0 spiro atoms. The highest BCUT2D eigenvalue weighted by Gasteiger charge is 2.16. The lowest BCUT2D eigenvalue weighted by atomic mass is 10.2. The summed E-state index contributed by atoms with van der Waals surface area (Å²) in [6, 6.07) is 1.53. The molecule has 116 valence electrons. The normalized spacial score (nSPS) is 10.9. The summed E-state index contributed by atoms with van der Waals surface area (Å²) in [5, 5.41) is 20.2. The summed E-state index contributed by atoms with van der Waals surface area (Å²) >= 11 is 6.50. The standard InChI is InChI=1S/C11H9Br2N5O4/c1-21-5-2-4(6(12)7(13)9(5)19)3-15-16-11(20)8-10(14)18-22-17-8/h2-3,19H,1H3,(H2,14,18)(H,16,20)/b15-3-. The number of benzene rings is 1. The van der Waals surface area contributed by atoms with Crippen molar-refractivity contribution < 1.29 is 19.3 Å². The molecule has 1 heterocycles. The van der Waals surface area contributed by atoms with Crippen molar-refractivity contribution >= 4 is 49.8 Å². The molecule has 4 N–H and O–H groups in total. The van der Waals surface area contributed by atoms with Crippen LogP contribution < -0.4 is 15.9 Å². The Labute approximate surface area is 140 Å². The van der Waals surface area contributed by atoms with E-state index in [4.69, 9.17) is 10.5 Å². The lowest BCUT2D eigenvalue weighted by Gasteiger charge is -2.09. The fourth-order valence-corrected chi connectivity index (χ4v) is 2.26. The quantitative estimate of drug-likeness (QED) is 0.491. The number of carbonyl (C=O) groups excluding carboxylic acids is 1. The number of nitrogens with zero attached hydrogens (tertiary/aromatic N) is 3. The van der Waals surface area contributed by atoms with Crippen LogP contribution in [-0.4, -0.2) is 34.7 Å². The molecule has 22 heavy (non-hydrogen) atoms. The summed E-state index contributed by atoms with van der Waals surface area (Å²) in [5.41, 5.74) is 7.99. The van der Waals surface area contributed by atoms with E-state index in [2.05, 4.69) is 57.3 Å². The molecule has 0 radical (unpaired) electrons. The topological polar surface area (TPSA) is 136 Å². The number of carbonyl (C=O) groups is 1. The molecular weight excluding hydrogens is 426 g/mol. The number of nitrogens with two attached hydrogens (primary N) is 1. The number of aromatic hydroxyl groups is 1. The minimum atomic E-state index is -0.670. The third-order valence-electron chi connectivity index (χ3n) is 2.49. The molecule has 11 heteroatoms. The van der Waals surface area contributed by atoms with Gasteiger partial charge in [-0.3, -0.25) is 4.79 Å². The molecule has 0 aliphatic carbocycles. The first-order valence-corrected chi connectivity index (χ1v) is 7.20. The Morgan fingerprint density at radius 3 is 2.82 bits per heavy atom. The van der Waals surface area contributed by atoms with Gasteiger partial charge >= 0.3 is 0 Å². The summed E-state index contributed by atoms with van der Waals surface area (Å²) in [4.78, 5) is 11.7. The second-order valence-corrected chi connectivity index (χ2v) is 5.43. The van der Waals surface area contributed by atoms with Gasteiger partial charge in [-0.25, -0.2) is 10.1 Å². The number of methoxy groups -OCH3 is 1. The van der Waals surface area contributed by atoms with Gasteiger partial charge in [0.05, 0.1) is 17.8 Å². The number of rotatable bonds is 4. The van der Waals surface area contributed by atoms with E-state index < -0.39 is 5.91 Å². The molecule has 0 bridgehead atoms. The van der Waals surface area contributed by atoms with Gasteiger partial charge in [0.2, 0.25) is 11.5 Å². The van der Waals surface area contributed by atoms with E-state index in [-0.39, 0.29) is 23.0 Å². The van der Waals surface area contributed by atoms with Crippen LogP contribution in [0.4, 0.5) is 5.82 Å². The fraction of sp³-hybridized carbons (Fsp3) is 0.0909. The van der Waals surface area contributed by atoms with E-state index in [1.807, 2.05) is 0 Å². The van der Waals surface area contributed by atoms with Gasteiger partial charge < -0.3 is 15.6 Å². The third-order valence-corrected chi connectivity index (χ3v) is 4.65. The number of hydrogen-bond donors (Lipinski definition) is 3. The number of hydrogen-bond acceptors (Lipinski definition) is 8. The molecular formula is C11H9Br2N5O4. The number of ether oxygens (including phenoxy) is 1. The zero-order chi connectivity index (χ0) is 16.3. The summed E-state index contributed by atoms with van der Waals surface area (Å²) in [6.45, 7) is 0. The number of aromatic nitrogens is 2. The Hall–Kier alpha value is -2.14. The van der Waals surface area contributed by atoms with Gasteiger partial charge in [0, 0.05) is 10.0 Å². The van der Waals surface area contributed by atoms with E-state index >= 15 is 0 Å². The molecule has 0 atom stereocenters. The SMILES string of the molecule is COc1cc(/C=N\NC(=O)c2nonc2N)c(Br)c(Br)c1O. The van der Waals surface area contributed by atoms with Gasteiger partial charge in [-0.15, -0.1) is 0 Å². The summed E-state index contributed by atoms with van der Waals surface area (Å²) < 4.78 is 10.3. The number of hydrazone groups is 1. The highest BCUT2D eigenvalue weighted by atomic mass is 79.9. The van der Waals surface area contributed by atoms with Crippen LogP contribution in [0, 0.1) is 0 Å². The summed E-state index contributed by atoms with van der Waals surface area (Å²) in [5.74, 6) is -0.622. The summed E-state index contributed by atoms with van der Waals surface area (Å²) in [6.07, 6.45) is 1.35. The predicted octanol–water partition coefficient (Wildman–Crippen LogP) is 1.65. The lowest BCUT2D eigenvalue weighted by molar-refractivity contribution is 0.0946. The number of nitrogen functional groups attached to an aromatic ring is 1. The van der Waals surface area contributed by atoms with Crippen LogP contribution in [0.15, 0.2) is 24.7 Å². The number of anilines is 1. The molecule has 2 rings (SSSR count). The van der Waals surface area contributed by atoms with Crippen LogP contribution >= 0.6 is 31.9 Å². The molecule has 0 unspecified atom stereocenters. The van der Waals surface area contributed by atoms with Gasteiger partial charge in [-0.05, 0) is 48.2 Å². The summed E-state index contributed by atoms with van der Waals surface area (Å²) in [7, 11) is 1.42. The number of halogens is 2. The van der Waals surface area contributed by atoms with Crippen LogP contribution in [0.2, 0.25) is 0 Å². The minimum Gasteiger partial charge on any atom is -0.503 e. The highest BCUT2D eigenvalue weighted by molar-refractivity contribution is 9.13. The van der Waals surface area contributed by atoms with Crippen molar-refractivity contribution in [1.29, 1.82) is 0 Å². The zero-order valence-electron chi connectivity index (χ0n) is 11.0. The maximum Gasteiger partial charge on any atom is 0.297 e. The van der Waals surface area contributed by atoms with Crippen LogP contribution in [0.5, 0.6) is 11.5 Å². The van der Waals surface area contributed by atoms with Crippen LogP contribution in [0.25, 0.3) is 0 Å². The first kappa shape index (κ1) is 16.2. The molecule has 0 aliphatic rings. The largest absolute Gasteiger partial charge is 0.503 e. The van der Waals surface area contributed by atoms with Crippen LogP contribution in [0.3, 0.4) is 0 Å². The molecule has 2 aromatic rings. The molecule has 0 saturated heterocycles. The second-order valence-electron chi connectivity index (χ2n) is 3.84. The van der Waals surface area contributed by atoms with Crippen molar-refractivity contribution in [1.82, 2.24) is 15.7 Å². The van der Waals surface area contributed by atoms with Gasteiger partial charge in [0.1, 0.15) is 0 Å². The lowest BCUT2D eigenvalue weighted by Crippen LogP contribution is -2.19. The number of amides is 1. The van der Waals surface area contributed by atoms with Crippen molar-refractivity contribution in [3.05, 3.63) is 26.3 Å². The van der Waals surface area contributed by atoms with Crippen molar-refractivity contribution in [2.45, 2.75) is 0 Å². The first-order valence-electron chi connectivity index (χ1n) is 5.62. The van der Waals surface area contributed by atoms with Gasteiger partial charge in [-0.1, -0.05) is 0 Å². The molecule has 0 fully saturated rings. The Bertz CT molecular complexity index is 746. The van der Waals surface area contributed by atoms with Gasteiger partial charge in [0.25, 0.3) is 5.91 Å². The van der Waals surface area contributed by atoms with Crippen molar-refractivity contribution in [3.8, 4) is 11.5 Å². The predicted molar refractivity (Wildman–Crippen MR) is 83.8 cm³/mol. The van der Waals surface area contributed by atoms with Crippen LogP contribution in [0.1, 0.15) is 16.1 Å². The zero-order valence-corrected chi connectivity index (χ0v) is 14.2. The molecule has 1 aromatic carbocycles.